The molecule has 0 spiro atoms. The molecule has 0 aliphatic carbocycles. The van der Waals surface area contributed by atoms with Crippen LogP contribution in [-0.4, -0.2) is 33.9 Å². The number of hydrogen-bond donors (Lipinski definition) is 0. The van der Waals surface area contributed by atoms with Crippen molar-refractivity contribution in [2.45, 2.75) is 87.1 Å². The summed E-state index contributed by atoms with van der Waals surface area (Å²) in [7, 11) is 0. The van der Waals surface area contributed by atoms with Gasteiger partial charge < -0.3 is 9.90 Å². The summed E-state index contributed by atoms with van der Waals surface area (Å²) in [5.41, 5.74) is 0. The molecule has 0 amide bonds. The van der Waals surface area contributed by atoms with Gasteiger partial charge in [0.25, 0.3) is 0 Å². The van der Waals surface area contributed by atoms with Gasteiger partial charge in [-0.25, -0.2) is 0 Å². The molecule has 0 N–H and O–H groups in total. The summed E-state index contributed by atoms with van der Waals surface area (Å²) < 4.78 is 1.47. The molecule has 0 rings (SSSR count). The van der Waals surface area contributed by atoms with Crippen molar-refractivity contribution in [2.75, 3.05) is 0 Å². The molecule has 0 heterocycles. The standard InChI is InChI=1S/C17H31O2.2Na/c1-2-3-4-5-6-7-8-9-10-11-12-13-14-15-16-17(18)19;;/h8-9H,1-7,10-16H2,(H,18,19);;/q;;+1/p-1/b9-8-;;. The molecule has 0 aliphatic heterocycles. The van der Waals surface area contributed by atoms with Crippen LogP contribution in [-0.2, 0) is 4.79 Å². The first kappa shape index (κ1) is 24.5. The smallest absolute Gasteiger partial charge is 1.00 e. The second-order valence-corrected chi connectivity index (χ2v) is 6.71. The molecule has 112 valence electrons. The molecule has 2 nitrogen and oxygen atoms in total. The van der Waals surface area contributed by atoms with Gasteiger partial charge in [0.1, 0.15) is 0 Å². The van der Waals surface area contributed by atoms with Crippen molar-refractivity contribution in [3.8, 4) is 0 Å². The summed E-state index contributed by atoms with van der Waals surface area (Å²) in [6, 6.07) is 0. The fourth-order valence-corrected chi connectivity index (χ4v) is 2.84. The van der Waals surface area contributed by atoms with E-state index in [2.05, 4.69) is 12.2 Å². The largest absolute Gasteiger partial charge is 1.00 e. The molecule has 0 radical (unpaired) electrons. The minimum Gasteiger partial charge on any atom is 1.00 e. The second kappa shape index (κ2) is 21.2. The zero-order valence-electron chi connectivity index (χ0n) is 14.4. The molecule has 0 bridgehead atoms. The molecule has 0 aromatic carbocycles. The molecule has 0 unspecified atom stereocenters. The molecular formula is C17H30Na2O2. The molecule has 21 heavy (non-hydrogen) atoms. The molecule has 0 aromatic rings. The minimum absolute atomic E-state index is 0. The average Bonchev–Trinajstić information content (AvgIpc) is 2.43. The van der Waals surface area contributed by atoms with Gasteiger partial charge in [-0.3, -0.25) is 0 Å². The number of allylic oxidation sites excluding steroid dienone is 2. The third-order valence-corrected chi connectivity index (χ3v) is 4.35. The van der Waals surface area contributed by atoms with Crippen LogP contribution in [0.1, 0.15) is 83.5 Å². The molecule has 0 aliphatic rings. The third kappa shape index (κ3) is 23.6. The van der Waals surface area contributed by atoms with E-state index in [1.54, 1.807) is 0 Å². The van der Waals surface area contributed by atoms with Gasteiger partial charge >= 0.3 is 131 Å². The second-order valence-electron chi connectivity index (χ2n) is 5.71. The Bertz CT molecular complexity index is 243. The summed E-state index contributed by atoms with van der Waals surface area (Å²) >= 11 is 1.37. The van der Waals surface area contributed by atoms with Gasteiger partial charge in [0, 0.05) is 5.97 Å². The fourth-order valence-electron chi connectivity index (χ4n) is 2.34. The Morgan fingerprint density at radius 1 is 0.762 bits per heavy atom. The Balaban J connectivity index is 0. The van der Waals surface area contributed by atoms with Gasteiger partial charge in [-0.2, -0.15) is 0 Å². The Morgan fingerprint density at radius 3 is 1.67 bits per heavy atom. The summed E-state index contributed by atoms with van der Waals surface area (Å²) in [6.45, 7) is 0. The van der Waals surface area contributed by atoms with Crippen LogP contribution >= 0.6 is 0 Å². The monoisotopic (exact) mass is 312 g/mol. The van der Waals surface area contributed by atoms with Crippen LogP contribution in [0.5, 0.6) is 0 Å². The Labute approximate surface area is 171 Å². The van der Waals surface area contributed by atoms with Crippen LogP contribution in [0.2, 0.25) is 3.67 Å². The van der Waals surface area contributed by atoms with E-state index in [0.717, 1.165) is 19.3 Å². The molecular weight excluding hydrogens is 282 g/mol. The fraction of sp³-hybridized carbons (Fsp3) is 0.824. The van der Waals surface area contributed by atoms with Gasteiger partial charge in [0.15, 0.2) is 0 Å². The van der Waals surface area contributed by atoms with Crippen molar-refractivity contribution in [3.05, 3.63) is 12.2 Å². The quantitative estimate of drug-likeness (QED) is 0.257. The maximum atomic E-state index is 10.2. The summed E-state index contributed by atoms with van der Waals surface area (Å²) in [4.78, 5) is 10.2. The number of carboxylic acid groups (broad SMARTS) is 1. The van der Waals surface area contributed by atoms with E-state index in [1.165, 1.54) is 89.4 Å². The number of carboxylic acids is 1. The van der Waals surface area contributed by atoms with Gasteiger partial charge in [0.2, 0.25) is 0 Å². The van der Waals surface area contributed by atoms with E-state index in [0.29, 0.717) is 0 Å². The number of hydrogen-bond acceptors (Lipinski definition) is 2. The van der Waals surface area contributed by atoms with Crippen molar-refractivity contribution in [3.63, 3.8) is 0 Å². The van der Waals surface area contributed by atoms with Crippen molar-refractivity contribution in [2.24, 2.45) is 0 Å². The van der Waals surface area contributed by atoms with Crippen LogP contribution in [0.4, 0.5) is 0 Å². The number of carbonyl (C=O) groups is 1. The van der Waals surface area contributed by atoms with E-state index in [-0.39, 0.29) is 36.0 Å². The van der Waals surface area contributed by atoms with Gasteiger partial charge in [-0.1, -0.05) is 12.8 Å². The molecule has 0 aromatic heterocycles. The van der Waals surface area contributed by atoms with Crippen LogP contribution in [0.25, 0.3) is 0 Å². The number of rotatable bonds is 15. The first-order chi connectivity index (χ1) is 9.77. The SMILES string of the molecule is O=C([O-])CCCCCCC/C=C\CCCCCC[CH2][Na].[Na+]. The molecule has 0 saturated carbocycles. The van der Waals surface area contributed by atoms with Crippen LogP contribution in [0, 0.1) is 0 Å². The molecule has 0 fully saturated rings. The first-order valence-corrected chi connectivity index (χ1v) is 10.0. The summed E-state index contributed by atoms with van der Waals surface area (Å²) in [6.07, 6.45) is 19.8. The van der Waals surface area contributed by atoms with E-state index in [1.807, 2.05) is 0 Å². The van der Waals surface area contributed by atoms with Crippen LogP contribution in [0.15, 0.2) is 12.2 Å². The van der Waals surface area contributed by atoms with E-state index in [4.69, 9.17) is 0 Å². The molecule has 0 atom stereocenters. The Kier molecular flexibility index (Phi) is 24.7. The van der Waals surface area contributed by atoms with Gasteiger partial charge in [-0.15, -0.1) is 0 Å². The normalized spacial score (nSPS) is 10.8. The zero-order valence-corrected chi connectivity index (χ0v) is 18.4. The van der Waals surface area contributed by atoms with Crippen molar-refractivity contribution >= 4 is 33.9 Å². The van der Waals surface area contributed by atoms with E-state index < -0.39 is 5.97 Å². The topological polar surface area (TPSA) is 40.1 Å². The minimum atomic E-state index is -0.913. The number of unbranched alkanes of at least 4 members (excludes halogenated alkanes) is 10. The van der Waals surface area contributed by atoms with Crippen molar-refractivity contribution in [1.82, 2.24) is 0 Å². The van der Waals surface area contributed by atoms with E-state index >= 15 is 0 Å². The van der Waals surface area contributed by atoms with Crippen LogP contribution in [0.3, 0.4) is 0 Å². The van der Waals surface area contributed by atoms with Crippen molar-refractivity contribution in [1.29, 1.82) is 0 Å². The number of carbonyl (C=O) groups excluding carboxylic acids is 1. The maximum absolute atomic E-state index is 10.2. The average molecular weight is 312 g/mol. The maximum Gasteiger partial charge on any atom is 1.00 e. The predicted octanol–water partition coefficient (Wildman–Crippen LogP) is 0.955. The third-order valence-electron chi connectivity index (χ3n) is 3.64. The summed E-state index contributed by atoms with van der Waals surface area (Å²) in [5.74, 6) is -0.913. The zero-order chi connectivity index (χ0) is 14.9. The molecule has 0 saturated heterocycles. The predicted molar refractivity (Wildman–Crippen MR) is 84.7 cm³/mol. The van der Waals surface area contributed by atoms with Gasteiger partial charge in [-0.05, 0) is 12.8 Å². The first-order valence-electron chi connectivity index (χ1n) is 8.62. The van der Waals surface area contributed by atoms with Crippen LogP contribution < -0.4 is 34.7 Å². The Morgan fingerprint density at radius 2 is 1.19 bits per heavy atom. The Hall–Kier alpha value is 1.21. The van der Waals surface area contributed by atoms with E-state index in [9.17, 15) is 9.90 Å². The summed E-state index contributed by atoms with van der Waals surface area (Å²) in [5, 5.41) is 10.2. The van der Waals surface area contributed by atoms with Crippen molar-refractivity contribution < 1.29 is 39.5 Å². The molecule has 4 heteroatoms. The van der Waals surface area contributed by atoms with Gasteiger partial charge in [0.05, 0.1) is 0 Å². The number of aliphatic carboxylic acids is 1.